The molecule has 0 radical (unpaired) electrons. The average molecular weight is 565 g/mol. The minimum absolute atomic E-state index is 0.0799. The second kappa shape index (κ2) is 13.6. The summed E-state index contributed by atoms with van der Waals surface area (Å²) in [5.74, 6) is 5.80. The molecule has 0 aliphatic carbocycles. The van der Waals surface area contributed by atoms with Gasteiger partial charge in [-0.05, 0) is 53.7 Å². The summed E-state index contributed by atoms with van der Waals surface area (Å²) in [6.45, 7) is -0.166. The Kier molecular flexibility index (Phi) is 9.45. The molecule has 1 fully saturated rings. The molecule has 3 heterocycles. The van der Waals surface area contributed by atoms with Gasteiger partial charge in [0, 0.05) is 34.0 Å². The highest BCUT2D eigenvalue weighted by Gasteiger charge is 2.39. The molecule has 1 saturated heterocycles. The van der Waals surface area contributed by atoms with Crippen molar-refractivity contribution >= 4 is 34.9 Å². The van der Waals surface area contributed by atoms with Crippen LogP contribution < -0.4 is 25.8 Å². The second-order valence-electron chi connectivity index (χ2n) is 8.53. The van der Waals surface area contributed by atoms with E-state index in [4.69, 9.17) is 41.6 Å². The van der Waals surface area contributed by atoms with Gasteiger partial charge in [-0.2, -0.15) is 0 Å². The van der Waals surface area contributed by atoms with Gasteiger partial charge in [-0.1, -0.05) is 21.4 Å². The normalized spacial score (nSPS) is 16.2. The summed E-state index contributed by atoms with van der Waals surface area (Å²) in [7, 11) is 0. The number of fused-ring (bicyclic) bond motifs is 1. The third-order valence-corrected chi connectivity index (χ3v) is 6.27. The largest absolute Gasteiger partial charge is 0.484 e. The topological polar surface area (TPSA) is 266 Å². The zero-order valence-corrected chi connectivity index (χ0v) is 21.5. The van der Waals surface area contributed by atoms with Crippen LogP contribution in [-0.4, -0.2) is 62.2 Å². The Morgan fingerprint density at radius 2 is 1.85 bits per heavy atom. The third-order valence-electron chi connectivity index (χ3n) is 6.27. The number of nitrogens with zero attached hydrogens (tertiary/aromatic N) is 12. The van der Waals surface area contributed by atoms with Gasteiger partial charge in [-0.15, -0.1) is 0 Å². The maximum absolute atomic E-state index is 13.0. The molecule has 3 N–H and O–H groups in total. The molecule has 0 bridgehead atoms. The molecule has 4 rings (SSSR count). The number of pyridine rings is 1. The number of ether oxygens (including phenoxy) is 3. The van der Waals surface area contributed by atoms with E-state index in [-0.39, 0.29) is 41.3 Å². The van der Waals surface area contributed by atoms with Crippen molar-refractivity contribution in [2.75, 3.05) is 48.4 Å². The Labute approximate surface area is 231 Å². The van der Waals surface area contributed by atoms with E-state index in [9.17, 15) is 9.59 Å². The molecular formula is C22H24N14O5. The molecule has 1 atom stereocenters. The molecule has 0 saturated carbocycles. The predicted octanol–water partition coefficient (Wildman–Crippen LogP) is 3.78. The van der Waals surface area contributed by atoms with Gasteiger partial charge in [0.25, 0.3) is 0 Å². The lowest BCUT2D eigenvalue weighted by Crippen LogP contribution is -2.56. The maximum Gasteiger partial charge on any atom is 0.342 e. The highest BCUT2D eigenvalue weighted by atomic mass is 16.5. The molecule has 41 heavy (non-hydrogen) atoms. The number of hydrazine groups is 1. The SMILES string of the molecule is [N-]=[N+]=NCOC(=O)c1cccc(N(N)c2ccc3c(n2)N(C2CCOCC2)[C@H](CN=[N+]=[N-])C(=O)N3)c1OCN=[N+]=[N-]. The standard InChI is InChI=1S/C22H24N14O5/c23-32-27-10-17-21(37)30-15-4-5-18(31-20(15)35(17)13-6-8-39-9-7-13)36(26)16-3-1-2-14(19(16)40-11-28-33-24)22(38)41-12-29-34-25/h1-5,13,17H,6-12,26H2,(H,30,37)/t17-/m1/s1. The second-order valence-corrected chi connectivity index (χ2v) is 8.53. The number of esters is 1. The number of nitrogens with two attached hydrogens (primary N) is 1. The molecule has 2 aliphatic heterocycles. The summed E-state index contributed by atoms with van der Waals surface area (Å²) >= 11 is 0. The van der Waals surface area contributed by atoms with Gasteiger partial charge < -0.3 is 24.4 Å². The highest BCUT2D eigenvalue weighted by molar-refractivity contribution is 6.03. The lowest BCUT2D eigenvalue weighted by molar-refractivity contribution is -0.117. The number of nitrogens with one attached hydrogen (secondary N) is 1. The molecular weight excluding hydrogens is 540 g/mol. The Bertz CT molecular complexity index is 1440. The van der Waals surface area contributed by atoms with Crippen molar-refractivity contribution in [1.82, 2.24) is 4.98 Å². The summed E-state index contributed by atoms with van der Waals surface area (Å²) in [4.78, 5) is 40.2. The fourth-order valence-electron chi connectivity index (χ4n) is 4.49. The van der Waals surface area contributed by atoms with E-state index in [1.165, 1.54) is 12.1 Å². The first kappa shape index (κ1) is 28.6. The number of azide groups is 3. The molecule has 2 aromatic rings. The van der Waals surface area contributed by atoms with Crippen LogP contribution in [0.4, 0.5) is 23.0 Å². The van der Waals surface area contributed by atoms with Crippen LogP contribution in [-0.2, 0) is 14.3 Å². The summed E-state index contributed by atoms with van der Waals surface area (Å²) < 4.78 is 16.0. The van der Waals surface area contributed by atoms with Crippen LogP contribution in [0.2, 0.25) is 0 Å². The molecule has 0 unspecified atom stereocenters. The number of rotatable bonds is 11. The fraction of sp³-hybridized carbons (Fsp3) is 0.409. The smallest absolute Gasteiger partial charge is 0.342 e. The summed E-state index contributed by atoms with van der Waals surface area (Å²) in [6, 6.07) is 6.69. The molecule has 0 spiro atoms. The van der Waals surface area contributed by atoms with E-state index in [1.54, 1.807) is 18.2 Å². The van der Waals surface area contributed by atoms with Crippen LogP contribution >= 0.6 is 0 Å². The zero-order valence-electron chi connectivity index (χ0n) is 21.5. The average Bonchev–Trinajstić information content (AvgIpc) is 3.00. The first-order valence-corrected chi connectivity index (χ1v) is 12.2. The van der Waals surface area contributed by atoms with Crippen molar-refractivity contribution in [2.24, 2.45) is 21.2 Å². The van der Waals surface area contributed by atoms with Crippen LogP contribution in [0.5, 0.6) is 5.75 Å². The maximum atomic E-state index is 13.0. The number of anilines is 4. The molecule has 2 aliphatic rings. The van der Waals surface area contributed by atoms with Crippen molar-refractivity contribution in [3.8, 4) is 5.75 Å². The van der Waals surface area contributed by atoms with Gasteiger partial charge in [0.15, 0.2) is 25.0 Å². The number of benzene rings is 1. The molecule has 19 heteroatoms. The molecule has 212 valence electrons. The number of para-hydroxylation sites is 1. The minimum atomic E-state index is -0.878. The summed E-state index contributed by atoms with van der Waals surface area (Å²) in [5, 5.41) is 14.1. The van der Waals surface area contributed by atoms with Crippen LogP contribution in [0.1, 0.15) is 23.2 Å². The number of aromatic nitrogens is 1. The lowest BCUT2D eigenvalue weighted by Gasteiger charge is -2.43. The van der Waals surface area contributed by atoms with Gasteiger partial charge in [-0.25, -0.2) is 15.6 Å². The van der Waals surface area contributed by atoms with Crippen molar-refractivity contribution in [3.63, 3.8) is 0 Å². The molecule has 19 nitrogen and oxygen atoms in total. The monoisotopic (exact) mass is 564 g/mol. The van der Waals surface area contributed by atoms with Crippen molar-refractivity contribution in [1.29, 1.82) is 0 Å². The van der Waals surface area contributed by atoms with Gasteiger partial charge in [0.05, 0.1) is 12.2 Å². The van der Waals surface area contributed by atoms with Gasteiger partial charge in [0.2, 0.25) is 5.91 Å². The lowest BCUT2D eigenvalue weighted by atomic mass is 10.0. The van der Waals surface area contributed by atoms with Crippen LogP contribution in [0.3, 0.4) is 0 Å². The quantitative estimate of drug-likeness (QED) is 0.100. The van der Waals surface area contributed by atoms with Crippen molar-refractivity contribution in [2.45, 2.75) is 24.9 Å². The van der Waals surface area contributed by atoms with Crippen molar-refractivity contribution < 1.29 is 23.8 Å². The summed E-state index contributed by atoms with van der Waals surface area (Å²) in [5.41, 5.74) is 26.6. The van der Waals surface area contributed by atoms with E-state index in [0.29, 0.717) is 37.6 Å². The molecule has 1 aromatic heterocycles. The number of amides is 1. The van der Waals surface area contributed by atoms with E-state index in [2.05, 4.69) is 35.4 Å². The Morgan fingerprint density at radius 1 is 1.12 bits per heavy atom. The predicted molar refractivity (Wildman–Crippen MR) is 144 cm³/mol. The van der Waals surface area contributed by atoms with Crippen molar-refractivity contribution in [3.05, 3.63) is 67.2 Å². The number of hydrogen-bond acceptors (Lipinski definition) is 12. The third kappa shape index (κ3) is 6.42. The van der Waals surface area contributed by atoms with Crippen LogP contribution in [0.25, 0.3) is 31.3 Å². The first-order valence-electron chi connectivity index (χ1n) is 12.2. The number of carbonyl (C=O) groups is 2. The molecule has 1 aromatic carbocycles. The van der Waals surface area contributed by atoms with E-state index >= 15 is 0 Å². The van der Waals surface area contributed by atoms with Gasteiger partial charge in [-0.3, -0.25) is 9.80 Å². The Morgan fingerprint density at radius 3 is 2.59 bits per heavy atom. The first-order chi connectivity index (χ1) is 20.0. The van der Waals surface area contributed by atoms with Crippen LogP contribution in [0, 0.1) is 0 Å². The Hall–Kier alpha value is -5.44. The minimum Gasteiger partial charge on any atom is -0.484 e. The van der Waals surface area contributed by atoms with E-state index in [1.807, 2.05) is 4.90 Å². The van der Waals surface area contributed by atoms with E-state index < -0.39 is 25.5 Å². The zero-order chi connectivity index (χ0) is 29.2. The molecule has 1 amide bonds. The van der Waals surface area contributed by atoms with E-state index in [0.717, 1.165) is 5.01 Å². The number of hydrogen-bond donors (Lipinski definition) is 2. The summed E-state index contributed by atoms with van der Waals surface area (Å²) in [6.07, 6.45) is 1.24. The van der Waals surface area contributed by atoms with Crippen LogP contribution in [0.15, 0.2) is 45.7 Å². The Balaban J connectivity index is 1.76. The van der Waals surface area contributed by atoms with Gasteiger partial charge >= 0.3 is 5.97 Å². The fourth-order valence-corrected chi connectivity index (χ4v) is 4.49. The highest BCUT2D eigenvalue weighted by Crippen LogP contribution is 2.39. The van der Waals surface area contributed by atoms with Gasteiger partial charge in [0.1, 0.15) is 23.1 Å². The number of carbonyl (C=O) groups excluding carboxylic acids is 2.